The maximum atomic E-state index is 9.82. The van der Waals surface area contributed by atoms with Gasteiger partial charge in [-0.3, -0.25) is 0 Å². The zero-order valence-corrected chi connectivity index (χ0v) is 9.98. The van der Waals surface area contributed by atoms with E-state index in [1.165, 1.54) is 18.5 Å². The number of hydrogen-bond acceptors (Lipinski definition) is 2. The molecule has 1 aliphatic carbocycles. The smallest absolute Gasteiger partial charge is 0.0781 e. The maximum absolute atomic E-state index is 9.82. The van der Waals surface area contributed by atoms with Gasteiger partial charge in [0.25, 0.3) is 0 Å². The zero-order chi connectivity index (χ0) is 11.3. The van der Waals surface area contributed by atoms with Gasteiger partial charge in [0.2, 0.25) is 0 Å². The Bertz CT molecular complexity index is 413. The van der Waals surface area contributed by atoms with Gasteiger partial charge < -0.3 is 10.0 Å². The van der Waals surface area contributed by atoms with Gasteiger partial charge in [-0.1, -0.05) is 18.2 Å². The fourth-order valence-electron chi connectivity index (χ4n) is 3.21. The lowest BCUT2D eigenvalue weighted by Crippen LogP contribution is -2.32. The first-order valence-electron chi connectivity index (χ1n) is 6.17. The van der Waals surface area contributed by atoms with Crippen LogP contribution in [0.15, 0.2) is 24.3 Å². The van der Waals surface area contributed by atoms with E-state index in [0.717, 1.165) is 18.0 Å². The van der Waals surface area contributed by atoms with Crippen molar-refractivity contribution in [3.05, 3.63) is 29.8 Å². The predicted molar refractivity (Wildman–Crippen MR) is 65.6 cm³/mol. The third kappa shape index (κ3) is 1.29. The molecule has 0 aromatic heterocycles. The van der Waals surface area contributed by atoms with Crippen LogP contribution >= 0.6 is 0 Å². The van der Waals surface area contributed by atoms with E-state index in [0.29, 0.717) is 5.54 Å². The molecule has 2 aliphatic rings. The highest BCUT2D eigenvalue weighted by Gasteiger charge is 2.58. The third-order valence-corrected chi connectivity index (χ3v) is 4.37. The van der Waals surface area contributed by atoms with Crippen LogP contribution in [0.5, 0.6) is 0 Å². The van der Waals surface area contributed by atoms with E-state index in [1.807, 2.05) is 19.1 Å². The van der Waals surface area contributed by atoms with Crippen LogP contribution in [0.3, 0.4) is 0 Å². The van der Waals surface area contributed by atoms with Gasteiger partial charge >= 0.3 is 0 Å². The van der Waals surface area contributed by atoms with Crippen molar-refractivity contribution >= 4 is 5.69 Å². The van der Waals surface area contributed by atoms with Crippen molar-refractivity contribution in [1.82, 2.24) is 0 Å². The summed E-state index contributed by atoms with van der Waals surface area (Å²) in [7, 11) is 0. The predicted octanol–water partition coefficient (Wildman–Crippen LogP) is 2.73. The molecule has 3 atom stereocenters. The van der Waals surface area contributed by atoms with Crippen molar-refractivity contribution in [1.29, 1.82) is 0 Å². The minimum absolute atomic E-state index is 0.377. The van der Waals surface area contributed by atoms with Crippen LogP contribution in [-0.2, 0) is 0 Å². The Kier molecular flexibility index (Phi) is 2.05. The first-order chi connectivity index (χ1) is 7.63. The molecule has 3 unspecified atom stereocenters. The van der Waals surface area contributed by atoms with Crippen LogP contribution in [0.1, 0.15) is 38.4 Å². The van der Waals surface area contributed by atoms with E-state index in [1.54, 1.807) is 0 Å². The number of aliphatic hydroxyl groups excluding tert-OH is 1. The maximum Gasteiger partial charge on any atom is 0.0781 e. The molecule has 0 amide bonds. The van der Waals surface area contributed by atoms with Crippen LogP contribution in [0, 0.1) is 5.92 Å². The molecule has 1 aromatic carbocycles. The molecule has 1 aromatic rings. The number of anilines is 1. The number of fused-ring (bicyclic) bond motifs is 1. The van der Waals surface area contributed by atoms with Crippen molar-refractivity contribution < 1.29 is 5.11 Å². The molecule has 2 fully saturated rings. The van der Waals surface area contributed by atoms with Crippen molar-refractivity contribution in [2.24, 2.45) is 5.92 Å². The summed E-state index contributed by atoms with van der Waals surface area (Å²) >= 11 is 0. The first kappa shape index (κ1) is 10.2. The fraction of sp³-hybridized carbons (Fsp3) is 0.571. The normalized spacial score (nSPS) is 33.7. The summed E-state index contributed by atoms with van der Waals surface area (Å²) < 4.78 is 0. The van der Waals surface area contributed by atoms with E-state index in [2.05, 4.69) is 24.0 Å². The number of benzene rings is 1. The molecule has 1 heterocycles. The van der Waals surface area contributed by atoms with Gasteiger partial charge in [-0.25, -0.2) is 0 Å². The van der Waals surface area contributed by atoms with Crippen LogP contribution in [0.2, 0.25) is 0 Å². The molecular formula is C14H19NO. The molecule has 1 N–H and O–H groups in total. The number of rotatable bonds is 2. The van der Waals surface area contributed by atoms with Crippen molar-refractivity contribution in [2.45, 2.75) is 38.3 Å². The molecule has 1 aliphatic heterocycles. The number of piperidine rings is 1. The SMILES string of the molecule is CC(O)c1ccccc1N1CCC2CC21C. The largest absolute Gasteiger partial charge is 0.389 e. The summed E-state index contributed by atoms with van der Waals surface area (Å²) in [5.41, 5.74) is 2.68. The molecule has 16 heavy (non-hydrogen) atoms. The Morgan fingerprint density at radius 3 is 2.75 bits per heavy atom. The Labute approximate surface area is 96.9 Å². The highest BCUT2D eigenvalue weighted by Crippen LogP contribution is 2.57. The van der Waals surface area contributed by atoms with Gasteiger partial charge in [-0.2, -0.15) is 0 Å². The minimum atomic E-state index is -0.377. The average Bonchev–Trinajstić information content (AvgIpc) is 2.82. The highest BCUT2D eigenvalue weighted by molar-refractivity contribution is 5.59. The molecule has 3 rings (SSSR count). The molecule has 86 valence electrons. The fourth-order valence-corrected chi connectivity index (χ4v) is 3.21. The lowest BCUT2D eigenvalue weighted by molar-refractivity contribution is 0.199. The number of hydrogen-bond donors (Lipinski definition) is 1. The summed E-state index contributed by atoms with van der Waals surface area (Å²) in [6, 6.07) is 8.27. The van der Waals surface area contributed by atoms with Gasteiger partial charge in [0.1, 0.15) is 0 Å². The molecule has 1 saturated carbocycles. The molecule has 0 spiro atoms. The summed E-state index contributed by atoms with van der Waals surface area (Å²) in [6.07, 6.45) is 2.25. The molecule has 2 heteroatoms. The van der Waals surface area contributed by atoms with Crippen LogP contribution in [-0.4, -0.2) is 17.2 Å². The minimum Gasteiger partial charge on any atom is -0.389 e. The third-order valence-electron chi connectivity index (χ3n) is 4.37. The van der Waals surface area contributed by atoms with Crippen LogP contribution in [0.4, 0.5) is 5.69 Å². The van der Waals surface area contributed by atoms with Crippen molar-refractivity contribution in [3.8, 4) is 0 Å². The van der Waals surface area contributed by atoms with Gasteiger partial charge in [0, 0.05) is 23.3 Å². The Morgan fingerprint density at radius 1 is 1.44 bits per heavy atom. The Hall–Kier alpha value is -1.02. The van der Waals surface area contributed by atoms with Gasteiger partial charge in [-0.15, -0.1) is 0 Å². The van der Waals surface area contributed by atoms with E-state index in [9.17, 15) is 5.11 Å². The van der Waals surface area contributed by atoms with Crippen molar-refractivity contribution in [2.75, 3.05) is 11.4 Å². The quantitative estimate of drug-likeness (QED) is 0.823. The highest BCUT2D eigenvalue weighted by atomic mass is 16.3. The second-order valence-corrected chi connectivity index (χ2v) is 5.43. The zero-order valence-electron chi connectivity index (χ0n) is 9.98. The second kappa shape index (κ2) is 3.24. The Morgan fingerprint density at radius 2 is 2.19 bits per heavy atom. The molecule has 0 radical (unpaired) electrons. The first-order valence-corrected chi connectivity index (χ1v) is 6.17. The standard InChI is InChI=1S/C14H19NO/c1-10(16)12-5-3-4-6-13(12)15-8-7-11-9-14(11,15)2/h3-6,10-11,16H,7-9H2,1-2H3. The molecule has 0 bridgehead atoms. The molecular weight excluding hydrogens is 198 g/mol. The summed E-state index contributed by atoms with van der Waals surface area (Å²) in [6.45, 7) is 5.34. The van der Waals surface area contributed by atoms with Crippen LogP contribution in [0.25, 0.3) is 0 Å². The molecule has 2 nitrogen and oxygen atoms in total. The summed E-state index contributed by atoms with van der Waals surface area (Å²) in [5.74, 6) is 0.884. The molecule has 1 saturated heterocycles. The number of nitrogens with zero attached hydrogens (tertiary/aromatic N) is 1. The van der Waals surface area contributed by atoms with E-state index < -0.39 is 0 Å². The van der Waals surface area contributed by atoms with Gasteiger partial charge in [-0.05, 0) is 38.7 Å². The Balaban J connectivity index is 2.00. The van der Waals surface area contributed by atoms with Gasteiger partial charge in [0.05, 0.1) is 6.10 Å². The van der Waals surface area contributed by atoms with Crippen LogP contribution < -0.4 is 4.90 Å². The number of aliphatic hydroxyl groups is 1. The second-order valence-electron chi connectivity index (χ2n) is 5.43. The average molecular weight is 217 g/mol. The summed E-state index contributed by atoms with van der Waals surface area (Å²) in [4.78, 5) is 2.50. The van der Waals surface area contributed by atoms with E-state index in [4.69, 9.17) is 0 Å². The topological polar surface area (TPSA) is 23.5 Å². The monoisotopic (exact) mass is 217 g/mol. The van der Waals surface area contributed by atoms with Gasteiger partial charge in [0.15, 0.2) is 0 Å². The van der Waals surface area contributed by atoms with Crippen molar-refractivity contribution in [3.63, 3.8) is 0 Å². The lowest BCUT2D eigenvalue weighted by atomic mass is 10.1. The van der Waals surface area contributed by atoms with E-state index >= 15 is 0 Å². The summed E-state index contributed by atoms with van der Waals surface area (Å²) in [5, 5.41) is 9.82. The van der Waals surface area contributed by atoms with E-state index in [-0.39, 0.29) is 6.10 Å². The number of para-hydroxylation sites is 1. The lowest BCUT2D eigenvalue weighted by Gasteiger charge is -2.30.